The van der Waals surface area contributed by atoms with Gasteiger partial charge in [0.05, 0.1) is 5.69 Å². The van der Waals surface area contributed by atoms with Crippen molar-refractivity contribution in [3.8, 4) is 0 Å². The summed E-state index contributed by atoms with van der Waals surface area (Å²) in [4.78, 5) is 5.23. The standard InChI is InChI=1S/C24H34N4/c1-26-24(9-14-25-26)20-28-18-12-23(13-19-28)22-10-16-27(17-11-22)15-5-8-21-6-3-2-4-7-21/h2-9,14,22-23H,10-13,15-20H2,1H3. The molecule has 4 nitrogen and oxygen atoms in total. The van der Waals surface area contributed by atoms with Crippen molar-refractivity contribution in [1.29, 1.82) is 0 Å². The Labute approximate surface area is 169 Å². The molecule has 0 atom stereocenters. The van der Waals surface area contributed by atoms with Gasteiger partial charge >= 0.3 is 0 Å². The molecule has 0 amide bonds. The molecule has 4 heteroatoms. The zero-order chi connectivity index (χ0) is 19.2. The van der Waals surface area contributed by atoms with E-state index in [1.165, 1.54) is 63.1 Å². The summed E-state index contributed by atoms with van der Waals surface area (Å²) in [5.41, 5.74) is 2.63. The molecular formula is C24H34N4. The van der Waals surface area contributed by atoms with Gasteiger partial charge in [0.25, 0.3) is 0 Å². The van der Waals surface area contributed by atoms with E-state index >= 15 is 0 Å². The van der Waals surface area contributed by atoms with Crippen LogP contribution in [0.4, 0.5) is 0 Å². The number of aromatic nitrogens is 2. The van der Waals surface area contributed by atoms with Gasteiger partial charge in [-0.3, -0.25) is 14.5 Å². The average Bonchev–Trinajstić information content (AvgIpc) is 3.14. The van der Waals surface area contributed by atoms with Gasteiger partial charge in [-0.2, -0.15) is 5.10 Å². The Morgan fingerprint density at radius 2 is 1.54 bits per heavy atom. The lowest BCUT2D eigenvalue weighted by Gasteiger charge is -2.40. The van der Waals surface area contributed by atoms with Crippen molar-refractivity contribution in [2.75, 3.05) is 32.7 Å². The van der Waals surface area contributed by atoms with E-state index in [-0.39, 0.29) is 0 Å². The first kappa shape index (κ1) is 19.4. The molecular weight excluding hydrogens is 344 g/mol. The summed E-state index contributed by atoms with van der Waals surface area (Å²) in [6, 6.07) is 12.8. The highest BCUT2D eigenvalue weighted by molar-refractivity contribution is 5.48. The number of benzene rings is 1. The molecule has 1 aromatic carbocycles. The molecule has 0 bridgehead atoms. The molecule has 0 radical (unpaired) electrons. The first-order valence-corrected chi connectivity index (χ1v) is 10.9. The maximum absolute atomic E-state index is 4.30. The Kier molecular flexibility index (Phi) is 6.61. The summed E-state index contributed by atoms with van der Waals surface area (Å²) in [5, 5.41) is 4.30. The van der Waals surface area contributed by atoms with E-state index in [4.69, 9.17) is 0 Å². The predicted molar refractivity (Wildman–Crippen MR) is 116 cm³/mol. The van der Waals surface area contributed by atoms with Crippen LogP contribution in [-0.4, -0.2) is 52.3 Å². The second-order valence-corrected chi connectivity index (χ2v) is 8.51. The fraction of sp³-hybridized carbons (Fsp3) is 0.542. The number of hydrogen-bond acceptors (Lipinski definition) is 3. The van der Waals surface area contributed by atoms with E-state index in [9.17, 15) is 0 Å². The highest BCUT2D eigenvalue weighted by atomic mass is 15.3. The third-order valence-electron chi connectivity index (χ3n) is 6.71. The van der Waals surface area contributed by atoms with Gasteiger partial charge in [0, 0.05) is 26.3 Å². The number of rotatable bonds is 6. The molecule has 3 heterocycles. The molecule has 2 aliphatic rings. The van der Waals surface area contributed by atoms with Crippen LogP contribution in [0.25, 0.3) is 6.08 Å². The first-order chi connectivity index (χ1) is 13.8. The van der Waals surface area contributed by atoms with Gasteiger partial charge in [-0.25, -0.2) is 0 Å². The SMILES string of the molecule is Cn1nccc1CN1CCC(C2CCN(CC=Cc3ccccc3)CC2)CC1. The van der Waals surface area contributed by atoms with Gasteiger partial charge in [-0.1, -0.05) is 42.5 Å². The summed E-state index contributed by atoms with van der Waals surface area (Å²) in [7, 11) is 2.05. The van der Waals surface area contributed by atoms with Crippen LogP contribution in [0.2, 0.25) is 0 Å². The Morgan fingerprint density at radius 1 is 0.893 bits per heavy atom. The minimum absolute atomic E-state index is 0.935. The van der Waals surface area contributed by atoms with Gasteiger partial charge < -0.3 is 0 Å². The third kappa shape index (κ3) is 5.12. The maximum Gasteiger partial charge on any atom is 0.0521 e. The van der Waals surface area contributed by atoms with E-state index in [1.807, 2.05) is 17.9 Å². The van der Waals surface area contributed by atoms with Crippen molar-refractivity contribution in [3.05, 3.63) is 59.9 Å². The zero-order valence-electron chi connectivity index (χ0n) is 17.2. The summed E-state index contributed by atoms with van der Waals surface area (Å²) in [6.45, 7) is 7.16. The molecule has 1 aromatic heterocycles. The van der Waals surface area contributed by atoms with Crippen LogP contribution in [0.1, 0.15) is 36.9 Å². The van der Waals surface area contributed by atoms with Crippen molar-refractivity contribution in [3.63, 3.8) is 0 Å². The molecule has 2 aliphatic heterocycles. The van der Waals surface area contributed by atoms with Crippen molar-refractivity contribution < 1.29 is 0 Å². The number of likely N-dealkylation sites (tertiary alicyclic amines) is 2. The Morgan fingerprint density at radius 3 is 2.14 bits per heavy atom. The molecule has 4 rings (SSSR count). The summed E-state index contributed by atoms with van der Waals surface area (Å²) >= 11 is 0. The maximum atomic E-state index is 4.30. The molecule has 0 aliphatic carbocycles. The van der Waals surface area contributed by atoms with Crippen LogP contribution in [0.3, 0.4) is 0 Å². The molecule has 0 unspecified atom stereocenters. The summed E-state index contributed by atoms with van der Waals surface area (Å²) in [6.07, 6.45) is 12.0. The van der Waals surface area contributed by atoms with Gasteiger partial charge in [0.1, 0.15) is 0 Å². The average molecular weight is 379 g/mol. The van der Waals surface area contributed by atoms with Gasteiger partial charge in [0.15, 0.2) is 0 Å². The second kappa shape index (κ2) is 9.53. The van der Waals surface area contributed by atoms with Crippen molar-refractivity contribution in [2.24, 2.45) is 18.9 Å². The lowest BCUT2D eigenvalue weighted by molar-refractivity contribution is 0.0967. The number of hydrogen-bond donors (Lipinski definition) is 0. The van der Waals surface area contributed by atoms with Crippen LogP contribution >= 0.6 is 0 Å². The van der Waals surface area contributed by atoms with Crippen LogP contribution in [0, 0.1) is 11.8 Å². The molecule has 28 heavy (non-hydrogen) atoms. The van der Waals surface area contributed by atoms with Crippen LogP contribution in [-0.2, 0) is 13.6 Å². The zero-order valence-corrected chi connectivity index (χ0v) is 17.2. The Balaban J connectivity index is 1.17. The minimum Gasteiger partial charge on any atom is -0.300 e. The van der Waals surface area contributed by atoms with Crippen molar-refractivity contribution in [1.82, 2.24) is 19.6 Å². The topological polar surface area (TPSA) is 24.3 Å². The number of piperidine rings is 2. The lowest BCUT2D eigenvalue weighted by Crippen LogP contribution is -2.40. The van der Waals surface area contributed by atoms with Crippen LogP contribution < -0.4 is 0 Å². The van der Waals surface area contributed by atoms with Gasteiger partial charge in [-0.15, -0.1) is 0 Å². The molecule has 0 saturated carbocycles. The number of aryl methyl sites for hydroxylation is 1. The third-order valence-corrected chi connectivity index (χ3v) is 6.71. The van der Waals surface area contributed by atoms with Crippen LogP contribution in [0.15, 0.2) is 48.7 Å². The predicted octanol–water partition coefficient (Wildman–Crippen LogP) is 4.06. The number of nitrogens with zero attached hydrogens (tertiary/aromatic N) is 4. The summed E-state index contributed by atoms with van der Waals surface area (Å²) < 4.78 is 2.01. The van der Waals surface area contributed by atoms with E-state index in [1.54, 1.807) is 0 Å². The monoisotopic (exact) mass is 378 g/mol. The van der Waals surface area contributed by atoms with Crippen molar-refractivity contribution in [2.45, 2.75) is 32.2 Å². The van der Waals surface area contributed by atoms with Crippen LogP contribution in [0.5, 0.6) is 0 Å². The fourth-order valence-corrected chi connectivity index (χ4v) is 4.88. The lowest BCUT2D eigenvalue weighted by atomic mass is 9.79. The van der Waals surface area contributed by atoms with Gasteiger partial charge in [-0.05, 0) is 75.3 Å². The van der Waals surface area contributed by atoms with Gasteiger partial charge in [0.2, 0.25) is 0 Å². The van der Waals surface area contributed by atoms with E-state index in [0.29, 0.717) is 0 Å². The Bertz CT molecular complexity index is 735. The molecule has 0 spiro atoms. The fourth-order valence-electron chi connectivity index (χ4n) is 4.88. The first-order valence-electron chi connectivity index (χ1n) is 10.9. The van der Waals surface area contributed by atoms with E-state index < -0.39 is 0 Å². The largest absolute Gasteiger partial charge is 0.300 e. The molecule has 2 fully saturated rings. The normalized spacial score (nSPS) is 20.9. The van der Waals surface area contributed by atoms with E-state index in [2.05, 4.69) is 63.4 Å². The molecule has 150 valence electrons. The minimum atomic E-state index is 0.935. The molecule has 2 saturated heterocycles. The summed E-state index contributed by atoms with van der Waals surface area (Å²) in [5.74, 6) is 1.87. The smallest absolute Gasteiger partial charge is 0.0521 e. The highest BCUT2D eigenvalue weighted by Crippen LogP contribution is 2.32. The second-order valence-electron chi connectivity index (χ2n) is 8.51. The quantitative estimate of drug-likeness (QED) is 0.758. The molecule has 0 N–H and O–H groups in total. The Hall–Kier alpha value is -1.91. The highest BCUT2D eigenvalue weighted by Gasteiger charge is 2.29. The van der Waals surface area contributed by atoms with E-state index in [0.717, 1.165) is 24.9 Å². The molecule has 2 aromatic rings. The van der Waals surface area contributed by atoms with Crippen molar-refractivity contribution >= 4 is 6.08 Å².